The normalized spacial score (nSPS) is 13.4. The van der Waals surface area contributed by atoms with Crippen LogP contribution in [0.15, 0.2) is 47.8 Å². The van der Waals surface area contributed by atoms with Crippen molar-refractivity contribution in [1.82, 2.24) is 5.32 Å². The van der Waals surface area contributed by atoms with E-state index >= 15 is 0 Å². The standard InChI is InChI=1S/C29H36N4O7.2ClH/c1-35-23-6-5-21(18-24(23)36-2)28(29-22-19-26(38-4)25(37-3)17-20(22)7-9-31-29)32-40-14-8-27(34)30-10-11-33-12-15-39-16-13-33;;/h5-7,9,17-19H,8,10-16H2,1-4H3,(H,30,34);2*1H/b32-28+;;. The van der Waals surface area contributed by atoms with E-state index in [0.717, 1.165) is 49.2 Å². The fourth-order valence-corrected chi connectivity index (χ4v) is 4.59. The van der Waals surface area contributed by atoms with Gasteiger partial charge in [-0.1, -0.05) is 5.16 Å². The van der Waals surface area contributed by atoms with Gasteiger partial charge in [-0.2, -0.15) is 0 Å². The lowest BCUT2D eigenvalue weighted by atomic mass is 10.0. The summed E-state index contributed by atoms with van der Waals surface area (Å²) >= 11 is 0. The summed E-state index contributed by atoms with van der Waals surface area (Å²) < 4.78 is 27.4. The molecule has 0 aliphatic carbocycles. The molecule has 2 heterocycles. The molecule has 3 N–H and O–H groups in total. The van der Waals surface area contributed by atoms with Gasteiger partial charge in [0.15, 0.2) is 34.9 Å². The zero-order chi connectivity index (χ0) is 28.3. The fourth-order valence-electron chi connectivity index (χ4n) is 4.59. The molecule has 13 heteroatoms. The molecule has 0 saturated carbocycles. The lowest BCUT2D eigenvalue weighted by Crippen LogP contribution is -3.14. The summed E-state index contributed by atoms with van der Waals surface area (Å²) in [6.45, 7) is 5.09. The van der Waals surface area contributed by atoms with Gasteiger partial charge in [0, 0.05) is 11.6 Å². The summed E-state index contributed by atoms with van der Waals surface area (Å²) in [6.07, 6.45) is 2.01. The van der Waals surface area contributed by atoms with Gasteiger partial charge in [-0.25, -0.2) is 4.98 Å². The number of nitrogens with zero attached hydrogens (tertiary/aromatic N) is 1. The van der Waals surface area contributed by atoms with Crippen LogP contribution in [-0.4, -0.2) is 86.1 Å². The van der Waals surface area contributed by atoms with Crippen LogP contribution in [0.25, 0.3) is 10.8 Å². The van der Waals surface area contributed by atoms with Gasteiger partial charge in [-0.15, -0.1) is 0 Å². The molecule has 1 fully saturated rings. The molecule has 0 radical (unpaired) electrons. The molecule has 1 aromatic heterocycles. The number of methoxy groups -OCH3 is 4. The van der Waals surface area contributed by atoms with Crippen LogP contribution in [-0.2, 0) is 14.4 Å². The SMILES string of the molecule is COc1ccc(/C(=N\OCCC(=O)NCC[NH+]2CCOCC2)c2[nH+]ccc3cc(OC)c(OC)cc23)cc1OC.[Cl-].[Cl-]. The topological polar surface area (TPSA) is 115 Å². The molecule has 0 unspecified atom stereocenters. The third kappa shape index (κ3) is 8.75. The second-order valence-corrected chi connectivity index (χ2v) is 9.20. The van der Waals surface area contributed by atoms with Crippen molar-refractivity contribution in [2.24, 2.45) is 5.16 Å². The van der Waals surface area contributed by atoms with E-state index in [-0.39, 0.29) is 43.7 Å². The molecular weight excluding hydrogens is 587 g/mol. The maximum atomic E-state index is 12.4. The Balaban J connectivity index is 0.00000308. The number of ether oxygens (including phenoxy) is 5. The van der Waals surface area contributed by atoms with Crippen molar-refractivity contribution in [3.8, 4) is 23.0 Å². The average molecular weight is 626 g/mol. The minimum Gasteiger partial charge on any atom is -1.00 e. The first-order valence-electron chi connectivity index (χ1n) is 13.2. The summed E-state index contributed by atoms with van der Waals surface area (Å²) in [4.78, 5) is 22.8. The molecule has 1 saturated heterocycles. The monoisotopic (exact) mass is 624 g/mol. The second kappa shape index (κ2) is 17.4. The van der Waals surface area contributed by atoms with Gasteiger partial charge < -0.3 is 63.6 Å². The number of benzene rings is 2. The molecule has 1 amide bonds. The van der Waals surface area contributed by atoms with E-state index in [0.29, 0.717) is 40.9 Å². The fraction of sp³-hybridized carbons (Fsp3) is 0.414. The van der Waals surface area contributed by atoms with E-state index in [2.05, 4.69) is 15.5 Å². The Hall–Kier alpha value is -3.51. The number of aromatic amines is 1. The quantitative estimate of drug-likeness (QED) is 0.111. The number of carbonyl (C=O) groups excluding carboxylic acids is 1. The maximum absolute atomic E-state index is 12.4. The number of fused-ring (bicyclic) bond motifs is 1. The van der Waals surface area contributed by atoms with Crippen LogP contribution in [0.5, 0.6) is 23.0 Å². The van der Waals surface area contributed by atoms with E-state index in [1.165, 1.54) is 4.90 Å². The Morgan fingerprint density at radius 1 is 0.929 bits per heavy atom. The van der Waals surface area contributed by atoms with E-state index < -0.39 is 0 Å². The largest absolute Gasteiger partial charge is 1.00 e. The smallest absolute Gasteiger partial charge is 0.241 e. The Bertz CT molecular complexity index is 1340. The van der Waals surface area contributed by atoms with Crippen molar-refractivity contribution < 1.29 is 68.0 Å². The van der Waals surface area contributed by atoms with E-state index in [4.69, 9.17) is 28.5 Å². The van der Waals surface area contributed by atoms with Gasteiger partial charge in [0.1, 0.15) is 19.7 Å². The predicted octanol–water partition coefficient (Wildman–Crippen LogP) is -5.11. The number of nitrogens with one attached hydrogen (secondary N) is 3. The first-order valence-corrected chi connectivity index (χ1v) is 13.2. The third-order valence-corrected chi connectivity index (χ3v) is 6.79. The summed E-state index contributed by atoms with van der Waals surface area (Å²) in [5.74, 6) is 2.27. The Morgan fingerprint density at radius 2 is 1.60 bits per heavy atom. The number of H-pyrrole nitrogens is 1. The lowest BCUT2D eigenvalue weighted by molar-refractivity contribution is -0.906. The minimum atomic E-state index is -0.0796. The van der Waals surface area contributed by atoms with E-state index in [1.807, 2.05) is 42.6 Å². The molecule has 0 spiro atoms. The lowest BCUT2D eigenvalue weighted by Gasteiger charge is -2.23. The van der Waals surface area contributed by atoms with Gasteiger partial charge in [0.2, 0.25) is 11.6 Å². The number of carbonyl (C=O) groups is 1. The molecule has 4 rings (SSSR count). The van der Waals surface area contributed by atoms with Crippen LogP contribution in [0.3, 0.4) is 0 Å². The van der Waals surface area contributed by atoms with Crippen LogP contribution < -0.4 is 59.0 Å². The Kier molecular flexibility index (Phi) is 14.4. The summed E-state index contributed by atoms with van der Waals surface area (Å²) in [6, 6.07) is 11.2. The highest BCUT2D eigenvalue weighted by Crippen LogP contribution is 2.34. The number of rotatable bonds is 13. The van der Waals surface area contributed by atoms with Gasteiger partial charge in [0.25, 0.3) is 0 Å². The number of halogens is 2. The van der Waals surface area contributed by atoms with Crippen LogP contribution in [0.4, 0.5) is 0 Å². The van der Waals surface area contributed by atoms with Gasteiger partial charge in [-0.05, 0) is 35.7 Å². The van der Waals surface area contributed by atoms with Crippen molar-refractivity contribution >= 4 is 22.4 Å². The highest BCUT2D eigenvalue weighted by molar-refractivity contribution is 6.17. The number of hydrogen-bond acceptors (Lipinski definition) is 8. The van der Waals surface area contributed by atoms with Crippen LogP contribution in [0, 0.1) is 0 Å². The van der Waals surface area contributed by atoms with Crippen molar-refractivity contribution in [2.45, 2.75) is 6.42 Å². The maximum Gasteiger partial charge on any atom is 0.241 e. The number of morpholine rings is 1. The third-order valence-electron chi connectivity index (χ3n) is 6.79. The summed E-state index contributed by atoms with van der Waals surface area (Å²) in [5.41, 5.74) is 1.95. The summed E-state index contributed by atoms with van der Waals surface area (Å²) in [7, 11) is 6.36. The van der Waals surface area contributed by atoms with Crippen molar-refractivity contribution in [1.29, 1.82) is 0 Å². The number of amides is 1. The number of oxime groups is 1. The molecule has 42 heavy (non-hydrogen) atoms. The molecule has 0 bridgehead atoms. The van der Waals surface area contributed by atoms with Crippen LogP contribution in [0.1, 0.15) is 17.7 Å². The number of quaternary nitrogens is 1. The van der Waals surface area contributed by atoms with Crippen molar-refractivity contribution in [3.05, 3.63) is 53.9 Å². The Morgan fingerprint density at radius 3 is 2.29 bits per heavy atom. The molecule has 230 valence electrons. The highest BCUT2D eigenvalue weighted by atomic mass is 35.5. The number of pyridine rings is 1. The summed E-state index contributed by atoms with van der Waals surface area (Å²) in [5, 5.41) is 9.22. The number of hydrogen-bond donors (Lipinski definition) is 2. The first kappa shape index (κ1) is 34.7. The van der Waals surface area contributed by atoms with Crippen molar-refractivity contribution in [2.75, 3.05) is 74.4 Å². The second-order valence-electron chi connectivity index (χ2n) is 9.20. The molecule has 2 aromatic carbocycles. The van der Waals surface area contributed by atoms with E-state index in [1.54, 1.807) is 28.4 Å². The zero-order valence-electron chi connectivity index (χ0n) is 24.3. The average Bonchev–Trinajstić information content (AvgIpc) is 3.00. The molecule has 0 atom stereocenters. The van der Waals surface area contributed by atoms with Gasteiger partial charge in [-0.3, -0.25) is 4.79 Å². The molecule has 1 aliphatic rings. The molecular formula is C29H38Cl2N4O7. The van der Waals surface area contributed by atoms with E-state index in [9.17, 15) is 4.79 Å². The minimum absolute atomic E-state index is 0. The van der Waals surface area contributed by atoms with Crippen LogP contribution >= 0.6 is 0 Å². The van der Waals surface area contributed by atoms with Gasteiger partial charge >= 0.3 is 0 Å². The zero-order valence-corrected chi connectivity index (χ0v) is 25.8. The van der Waals surface area contributed by atoms with Crippen LogP contribution in [0.2, 0.25) is 0 Å². The number of aromatic nitrogens is 1. The first-order chi connectivity index (χ1) is 19.6. The van der Waals surface area contributed by atoms with Crippen molar-refractivity contribution in [3.63, 3.8) is 0 Å². The highest BCUT2D eigenvalue weighted by Gasteiger charge is 2.22. The Labute approximate surface area is 258 Å². The molecule has 1 aliphatic heterocycles. The van der Waals surface area contributed by atoms with Gasteiger partial charge in [0.05, 0.1) is 66.5 Å². The predicted molar refractivity (Wildman–Crippen MR) is 149 cm³/mol. The molecule has 3 aromatic rings. The molecule has 11 nitrogen and oxygen atoms in total.